The van der Waals surface area contributed by atoms with Crippen molar-refractivity contribution in [2.75, 3.05) is 12.3 Å². The first-order valence-electron chi connectivity index (χ1n) is 7.26. The molecule has 2 heterocycles. The summed E-state index contributed by atoms with van der Waals surface area (Å²) in [5, 5.41) is 13.2. The fraction of sp³-hybridized carbons (Fsp3) is 0.118. The Labute approximate surface area is 136 Å². The van der Waals surface area contributed by atoms with E-state index >= 15 is 0 Å². The Hall–Kier alpha value is -2.60. The number of non-ortho nitro benzene ring substituents is 1. The molecule has 2 aromatic carbocycles. The van der Waals surface area contributed by atoms with Crippen LogP contribution in [-0.2, 0) is 0 Å². The number of aliphatic imine (C=N–C) groups is 1. The highest BCUT2D eigenvalue weighted by Crippen LogP contribution is 2.33. The minimum atomic E-state index is -0.336. The number of aromatic nitrogens is 1. The molecule has 0 saturated heterocycles. The van der Waals surface area contributed by atoms with E-state index in [1.807, 2.05) is 42.5 Å². The van der Waals surface area contributed by atoms with Crippen LogP contribution in [0.4, 0.5) is 5.69 Å². The Bertz CT molecular complexity index is 932. The van der Waals surface area contributed by atoms with Crippen LogP contribution in [0.2, 0.25) is 0 Å². The zero-order valence-electron chi connectivity index (χ0n) is 12.2. The van der Waals surface area contributed by atoms with Gasteiger partial charge >= 0.3 is 0 Å². The Kier molecular flexibility index (Phi) is 3.38. The van der Waals surface area contributed by atoms with Gasteiger partial charge in [-0.05, 0) is 17.7 Å². The average molecular weight is 323 g/mol. The van der Waals surface area contributed by atoms with E-state index in [2.05, 4.69) is 9.98 Å². The lowest BCUT2D eigenvalue weighted by atomic mass is 10.1. The highest BCUT2D eigenvalue weighted by molar-refractivity contribution is 8.14. The number of fused-ring (bicyclic) bond motifs is 1. The van der Waals surface area contributed by atoms with Gasteiger partial charge in [0.15, 0.2) is 0 Å². The van der Waals surface area contributed by atoms with Crippen LogP contribution in [0, 0.1) is 10.1 Å². The fourth-order valence-electron chi connectivity index (χ4n) is 2.78. The number of nitrogens with one attached hydrogen (secondary N) is 1. The molecule has 1 aliphatic heterocycles. The van der Waals surface area contributed by atoms with Gasteiger partial charge in [-0.1, -0.05) is 30.3 Å². The van der Waals surface area contributed by atoms with Crippen molar-refractivity contribution in [3.05, 3.63) is 64.2 Å². The third-order valence-corrected chi connectivity index (χ3v) is 4.85. The van der Waals surface area contributed by atoms with Crippen LogP contribution < -0.4 is 0 Å². The van der Waals surface area contributed by atoms with E-state index in [-0.39, 0.29) is 10.6 Å². The first-order chi connectivity index (χ1) is 11.2. The number of nitro benzene ring substituents is 1. The van der Waals surface area contributed by atoms with Gasteiger partial charge in [-0.2, -0.15) is 0 Å². The predicted molar refractivity (Wildman–Crippen MR) is 94.3 cm³/mol. The molecule has 1 N–H and O–H groups in total. The monoisotopic (exact) mass is 323 g/mol. The molecule has 0 amide bonds. The van der Waals surface area contributed by atoms with E-state index in [1.54, 1.807) is 17.8 Å². The van der Waals surface area contributed by atoms with Crippen molar-refractivity contribution >= 4 is 33.4 Å². The zero-order chi connectivity index (χ0) is 15.8. The zero-order valence-corrected chi connectivity index (χ0v) is 13.0. The van der Waals surface area contributed by atoms with Crippen LogP contribution >= 0.6 is 11.8 Å². The Balaban J connectivity index is 1.92. The number of benzene rings is 2. The maximum Gasteiger partial charge on any atom is 0.293 e. The molecule has 0 saturated carbocycles. The summed E-state index contributed by atoms with van der Waals surface area (Å²) in [7, 11) is 0. The summed E-state index contributed by atoms with van der Waals surface area (Å²) in [6.45, 7) is 0.772. The molecule has 5 nitrogen and oxygen atoms in total. The second-order valence-electron chi connectivity index (χ2n) is 5.30. The number of hydrogen-bond acceptors (Lipinski definition) is 4. The minimum Gasteiger partial charge on any atom is -0.349 e. The molecule has 23 heavy (non-hydrogen) atoms. The molecule has 0 aliphatic carbocycles. The molecule has 0 spiro atoms. The predicted octanol–water partition coefficient (Wildman–Crippen LogP) is 4.24. The van der Waals surface area contributed by atoms with Gasteiger partial charge in [0.2, 0.25) is 0 Å². The maximum absolute atomic E-state index is 11.5. The first-order valence-corrected chi connectivity index (χ1v) is 8.25. The molecule has 1 aliphatic rings. The fourth-order valence-corrected chi connectivity index (χ4v) is 3.62. The Morgan fingerprint density at radius 1 is 1.13 bits per heavy atom. The summed E-state index contributed by atoms with van der Waals surface area (Å²) >= 11 is 1.64. The van der Waals surface area contributed by atoms with Crippen LogP contribution in [0.1, 0.15) is 5.56 Å². The molecule has 0 bridgehead atoms. The first kappa shape index (κ1) is 14.0. The molecule has 1 aromatic heterocycles. The van der Waals surface area contributed by atoms with Gasteiger partial charge in [-0.25, -0.2) is 0 Å². The lowest BCUT2D eigenvalue weighted by molar-refractivity contribution is -0.383. The summed E-state index contributed by atoms with van der Waals surface area (Å²) in [6.07, 6.45) is 0. The smallest absolute Gasteiger partial charge is 0.293 e. The molecule has 0 radical (unpaired) electrons. The molecule has 114 valence electrons. The number of H-pyrrole nitrogens is 1. The molecular weight excluding hydrogens is 310 g/mol. The van der Waals surface area contributed by atoms with Gasteiger partial charge in [-0.15, -0.1) is 11.8 Å². The standard InChI is InChI=1S/C17H13N3O2S/c21-20(22)15-10-13(17-18-6-7-23-17)8-12-9-14(19-16(12)15)11-4-2-1-3-5-11/h1-5,8-10,19H,6-7H2. The van der Waals surface area contributed by atoms with Crippen LogP contribution in [0.15, 0.2) is 53.5 Å². The average Bonchev–Trinajstić information content (AvgIpc) is 3.23. The van der Waals surface area contributed by atoms with E-state index in [4.69, 9.17) is 0 Å². The third-order valence-electron chi connectivity index (χ3n) is 3.82. The van der Waals surface area contributed by atoms with Gasteiger partial charge < -0.3 is 4.98 Å². The second-order valence-corrected chi connectivity index (χ2v) is 6.38. The Morgan fingerprint density at radius 2 is 1.96 bits per heavy atom. The van der Waals surface area contributed by atoms with Crippen molar-refractivity contribution in [2.45, 2.75) is 0 Å². The second kappa shape index (κ2) is 5.55. The van der Waals surface area contributed by atoms with Crippen LogP contribution in [-0.4, -0.2) is 27.2 Å². The van der Waals surface area contributed by atoms with E-state index in [9.17, 15) is 10.1 Å². The van der Waals surface area contributed by atoms with E-state index in [0.29, 0.717) is 5.52 Å². The molecule has 0 fully saturated rings. The summed E-state index contributed by atoms with van der Waals surface area (Å²) in [5.74, 6) is 0.934. The van der Waals surface area contributed by atoms with Crippen molar-refractivity contribution in [3.8, 4) is 11.3 Å². The summed E-state index contributed by atoms with van der Waals surface area (Å²) in [5.41, 5.74) is 3.36. The maximum atomic E-state index is 11.5. The van der Waals surface area contributed by atoms with Gasteiger partial charge in [-0.3, -0.25) is 15.1 Å². The summed E-state index contributed by atoms with van der Waals surface area (Å²) in [4.78, 5) is 18.7. The van der Waals surface area contributed by atoms with Gasteiger partial charge in [0, 0.05) is 35.0 Å². The highest BCUT2D eigenvalue weighted by atomic mass is 32.2. The van der Waals surface area contributed by atoms with E-state index in [0.717, 1.165) is 39.5 Å². The molecule has 6 heteroatoms. The molecular formula is C17H13N3O2S. The third kappa shape index (κ3) is 2.51. The van der Waals surface area contributed by atoms with Crippen molar-refractivity contribution in [1.82, 2.24) is 4.98 Å². The van der Waals surface area contributed by atoms with Gasteiger partial charge in [0.25, 0.3) is 5.69 Å². The normalized spacial score (nSPS) is 14.2. The van der Waals surface area contributed by atoms with Gasteiger partial charge in [0.1, 0.15) is 5.52 Å². The number of rotatable bonds is 3. The van der Waals surface area contributed by atoms with E-state index in [1.165, 1.54) is 0 Å². The summed E-state index contributed by atoms with van der Waals surface area (Å²) < 4.78 is 0. The SMILES string of the molecule is O=[N+]([O-])c1cc(C2=NCCS2)cc2cc(-c3ccccc3)[nH]c12. The minimum absolute atomic E-state index is 0.0925. The number of nitro groups is 1. The Morgan fingerprint density at radius 3 is 2.65 bits per heavy atom. The van der Waals surface area contributed by atoms with Crippen molar-refractivity contribution in [1.29, 1.82) is 0 Å². The lowest BCUT2D eigenvalue weighted by Gasteiger charge is -2.01. The molecule has 3 aromatic rings. The highest BCUT2D eigenvalue weighted by Gasteiger charge is 2.20. The van der Waals surface area contributed by atoms with Crippen molar-refractivity contribution < 1.29 is 4.92 Å². The number of nitrogens with zero attached hydrogens (tertiary/aromatic N) is 2. The molecule has 0 unspecified atom stereocenters. The molecule has 4 rings (SSSR count). The number of thioether (sulfide) groups is 1. The quantitative estimate of drug-likeness (QED) is 0.579. The number of aromatic amines is 1. The van der Waals surface area contributed by atoms with Crippen molar-refractivity contribution in [2.24, 2.45) is 4.99 Å². The number of hydrogen-bond donors (Lipinski definition) is 1. The largest absolute Gasteiger partial charge is 0.349 e. The van der Waals surface area contributed by atoms with Crippen LogP contribution in [0.3, 0.4) is 0 Å². The van der Waals surface area contributed by atoms with Crippen LogP contribution in [0.25, 0.3) is 22.2 Å². The van der Waals surface area contributed by atoms with E-state index < -0.39 is 0 Å². The lowest BCUT2D eigenvalue weighted by Crippen LogP contribution is -1.96. The summed E-state index contributed by atoms with van der Waals surface area (Å²) in [6, 6.07) is 15.4. The van der Waals surface area contributed by atoms with Crippen molar-refractivity contribution in [3.63, 3.8) is 0 Å². The topological polar surface area (TPSA) is 71.3 Å². The van der Waals surface area contributed by atoms with Gasteiger partial charge in [0.05, 0.1) is 9.97 Å². The van der Waals surface area contributed by atoms with Crippen LogP contribution in [0.5, 0.6) is 0 Å². The molecule has 0 atom stereocenters.